The number of carbonyl (C=O) groups excluding carboxylic acids is 1. The normalized spacial score (nSPS) is 27.4. The van der Waals surface area contributed by atoms with Gasteiger partial charge in [0.25, 0.3) is 0 Å². The number of hydrogen-bond donors (Lipinski definition) is 1. The minimum Gasteiger partial charge on any atom is -0.445 e. The first-order chi connectivity index (χ1) is 12.5. The number of benzene rings is 2. The first-order valence-corrected chi connectivity index (χ1v) is 9.40. The predicted octanol–water partition coefficient (Wildman–Crippen LogP) is 4.49. The van der Waals surface area contributed by atoms with Crippen LogP contribution in [0.15, 0.2) is 54.6 Å². The number of rotatable bonds is 3. The monoisotopic (exact) mass is 371 g/mol. The van der Waals surface area contributed by atoms with Crippen molar-refractivity contribution >= 4 is 17.7 Å². The van der Waals surface area contributed by atoms with Crippen LogP contribution in [0.4, 0.5) is 4.79 Å². The second-order valence-electron chi connectivity index (χ2n) is 7.28. The molecule has 4 nitrogen and oxygen atoms in total. The fraction of sp³-hybridized carbons (Fsp3) is 0.381. The van der Waals surface area contributed by atoms with Gasteiger partial charge < -0.3 is 14.7 Å². The van der Waals surface area contributed by atoms with Crippen LogP contribution in [0.2, 0.25) is 5.02 Å². The molecule has 0 saturated carbocycles. The zero-order valence-corrected chi connectivity index (χ0v) is 15.2. The molecule has 1 amide bonds. The molecule has 2 atom stereocenters. The summed E-state index contributed by atoms with van der Waals surface area (Å²) in [7, 11) is 0. The molecule has 2 fully saturated rings. The first-order valence-electron chi connectivity index (χ1n) is 9.03. The van der Waals surface area contributed by atoms with E-state index >= 15 is 0 Å². The quantitative estimate of drug-likeness (QED) is 0.864. The maximum Gasteiger partial charge on any atom is 0.410 e. The van der Waals surface area contributed by atoms with Gasteiger partial charge in [-0.25, -0.2) is 4.79 Å². The SMILES string of the molecule is O=C(OCc1ccccc1)N1C2CCC1CC(O)(c1ccc(Cl)cc1)C2. The van der Waals surface area contributed by atoms with E-state index in [1.807, 2.05) is 47.4 Å². The third-order valence-corrected chi connectivity index (χ3v) is 5.82. The van der Waals surface area contributed by atoms with Gasteiger partial charge in [-0.1, -0.05) is 54.1 Å². The van der Waals surface area contributed by atoms with Gasteiger partial charge in [0, 0.05) is 29.9 Å². The van der Waals surface area contributed by atoms with Crippen molar-refractivity contribution in [2.24, 2.45) is 0 Å². The number of ether oxygens (including phenoxy) is 1. The molecule has 2 aromatic rings. The average Bonchev–Trinajstić information content (AvgIpc) is 2.93. The molecular weight excluding hydrogens is 350 g/mol. The van der Waals surface area contributed by atoms with Crippen molar-refractivity contribution < 1.29 is 14.6 Å². The van der Waals surface area contributed by atoms with Crippen molar-refractivity contribution in [3.63, 3.8) is 0 Å². The molecule has 26 heavy (non-hydrogen) atoms. The third-order valence-electron chi connectivity index (χ3n) is 5.56. The number of aliphatic hydroxyl groups is 1. The van der Waals surface area contributed by atoms with Crippen molar-refractivity contribution in [1.29, 1.82) is 0 Å². The van der Waals surface area contributed by atoms with E-state index in [1.165, 1.54) is 0 Å². The number of amides is 1. The van der Waals surface area contributed by atoms with Crippen LogP contribution < -0.4 is 0 Å². The van der Waals surface area contributed by atoms with E-state index in [2.05, 4.69) is 0 Å². The molecular formula is C21H22ClNO3. The highest BCUT2D eigenvalue weighted by molar-refractivity contribution is 6.30. The molecule has 2 aliphatic rings. The average molecular weight is 372 g/mol. The Hall–Kier alpha value is -2.04. The lowest BCUT2D eigenvalue weighted by atomic mass is 9.81. The Morgan fingerprint density at radius 1 is 1.08 bits per heavy atom. The number of piperidine rings is 1. The van der Waals surface area contributed by atoms with Gasteiger partial charge in [-0.3, -0.25) is 0 Å². The van der Waals surface area contributed by atoms with E-state index in [0.717, 1.165) is 24.0 Å². The summed E-state index contributed by atoms with van der Waals surface area (Å²) in [4.78, 5) is 14.5. The van der Waals surface area contributed by atoms with E-state index in [-0.39, 0.29) is 24.8 Å². The van der Waals surface area contributed by atoms with Crippen molar-refractivity contribution in [2.75, 3.05) is 0 Å². The van der Waals surface area contributed by atoms with Gasteiger partial charge in [0.15, 0.2) is 0 Å². The van der Waals surface area contributed by atoms with Crippen LogP contribution in [0.3, 0.4) is 0 Å². The summed E-state index contributed by atoms with van der Waals surface area (Å²) in [5.74, 6) is 0. The molecule has 0 aliphatic carbocycles. The molecule has 2 saturated heterocycles. The first kappa shape index (κ1) is 17.4. The van der Waals surface area contributed by atoms with Gasteiger partial charge in [0.05, 0.1) is 5.60 Å². The molecule has 4 rings (SSSR count). The molecule has 2 aliphatic heterocycles. The Bertz CT molecular complexity index is 764. The van der Waals surface area contributed by atoms with Crippen LogP contribution in [-0.4, -0.2) is 28.2 Å². The zero-order valence-electron chi connectivity index (χ0n) is 14.5. The lowest BCUT2D eigenvalue weighted by Crippen LogP contribution is -2.52. The second kappa shape index (κ2) is 6.93. The van der Waals surface area contributed by atoms with E-state index in [1.54, 1.807) is 12.1 Å². The Labute approximate surface area is 158 Å². The highest BCUT2D eigenvalue weighted by Gasteiger charge is 2.50. The van der Waals surface area contributed by atoms with Gasteiger partial charge in [-0.2, -0.15) is 0 Å². The van der Waals surface area contributed by atoms with Gasteiger partial charge in [-0.15, -0.1) is 0 Å². The highest BCUT2D eigenvalue weighted by atomic mass is 35.5. The largest absolute Gasteiger partial charge is 0.445 e. The van der Waals surface area contributed by atoms with Gasteiger partial charge in [0.2, 0.25) is 0 Å². The van der Waals surface area contributed by atoms with Gasteiger partial charge >= 0.3 is 6.09 Å². The molecule has 2 unspecified atom stereocenters. The van der Waals surface area contributed by atoms with E-state index in [0.29, 0.717) is 17.9 Å². The fourth-order valence-corrected chi connectivity index (χ4v) is 4.44. The standard InChI is InChI=1S/C21H22ClNO3/c22-17-8-6-16(7-9-17)21(25)12-18-10-11-19(13-21)23(18)20(24)26-14-15-4-2-1-3-5-15/h1-9,18-19,25H,10-14H2. The summed E-state index contributed by atoms with van der Waals surface area (Å²) in [6, 6.07) is 17.1. The number of carbonyl (C=O) groups is 1. The Kier molecular flexibility index (Phi) is 4.63. The Morgan fingerprint density at radius 2 is 1.69 bits per heavy atom. The number of halogens is 1. The molecule has 2 aromatic carbocycles. The van der Waals surface area contributed by atoms with E-state index in [4.69, 9.17) is 16.3 Å². The molecule has 1 N–H and O–H groups in total. The lowest BCUT2D eigenvalue weighted by Gasteiger charge is -2.43. The Morgan fingerprint density at radius 3 is 2.31 bits per heavy atom. The summed E-state index contributed by atoms with van der Waals surface area (Å²) >= 11 is 5.96. The van der Waals surface area contributed by atoms with E-state index < -0.39 is 5.60 Å². The topological polar surface area (TPSA) is 49.8 Å². The van der Waals surface area contributed by atoms with Crippen LogP contribution in [-0.2, 0) is 16.9 Å². The number of fused-ring (bicyclic) bond motifs is 2. The van der Waals surface area contributed by atoms with Crippen molar-refractivity contribution in [3.8, 4) is 0 Å². The maximum absolute atomic E-state index is 12.6. The summed E-state index contributed by atoms with van der Waals surface area (Å²) in [6.07, 6.45) is 2.60. The van der Waals surface area contributed by atoms with Gasteiger partial charge in [0.1, 0.15) is 6.61 Å². The minimum absolute atomic E-state index is 0.0118. The third kappa shape index (κ3) is 3.31. The number of hydrogen-bond acceptors (Lipinski definition) is 3. The molecule has 2 bridgehead atoms. The lowest BCUT2D eigenvalue weighted by molar-refractivity contribution is -0.0536. The molecule has 5 heteroatoms. The van der Waals surface area contributed by atoms with Crippen LogP contribution in [0.25, 0.3) is 0 Å². The van der Waals surface area contributed by atoms with E-state index in [9.17, 15) is 9.90 Å². The fourth-order valence-electron chi connectivity index (χ4n) is 4.31. The van der Waals surface area contributed by atoms with Gasteiger partial charge in [-0.05, 0) is 36.1 Å². The van der Waals surface area contributed by atoms with Crippen LogP contribution in [0.5, 0.6) is 0 Å². The zero-order chi connectivity index (χ0) is 18.1. The van der Waals surface area contributed by atoms with Crippen molar-refractivity contribution in [3.05, 3.63) is 70.7 Å². The molecule has 136 valence electrons. The van der Waals surface area contributed by atoms with Crippen LogP contribution >= 0.6 is 11.6 Å². The molecule has 0 aromatic heterocycles. The van der Waals surface area contributed by atoms with Crippen LogP contribution in [0.1, 0.15) is 36.8 Å². The summed E-state index contributed by atoms with van der Waals surface area (Å²) in [6.45, 7) is 0.275. The predicted molar refractivity (Wildman–Crippen MR) is 99.9 cm³/mol. The maximum atomic E-state index is 12.6. The molecule has 2 heterocycles. The second-order valence-corrected chi connectivity index (χ2v) is 7.72. The van der Waals surface area contributed by atoms with Crippen molar-refractivity contribution in [1.82, 2.24) is 4.90 Å². The number of nitrogens with zero attached hydrogens (tertiary/aromatic N) is 1. The summed E-state index contributed by atoms with van der Waals surface area (Å²) < 4.78 is 5.53. The van der Waals surface area contributed by atoms with Crippen LogP contribution in [0, 0.1) is 0 Å². The summed E-state index contributed by atoms with van der Waals surface area (Å²) in [5, 5.41) is 11.9. The Balaban J connectivity index is 1.45. The smallest absolute Gasteiger partial charge is 0.410 e. The highest BCUT2D eigenvalue weighted by Crippen LogP contribution is 2.46. The molecule has 0 spiro atoms. The summed E-state index contributed by atoms with van der Waals surface area (Å²) in [5.41, 5.74) is 0.936. The van der Waals surface area contributed by atoms with Crippen molar-refractivity contribution in [2.45, 2.75) is 50.0 Å². The minimum atomic E-state index is -0.910. The molecule has 0 radical (unpaired) electrons.